The van der Waals surface area contributed by atoms with E-state index >= 15 is 0 Å². The van der Waals surface area contributed by atoms with Gasteiger partial charge in [-0.25, -0.2) is 4.98 Å². The second-order valence-corrected chi connectivity index (χ2v) is 10.7. The van der Waals surface area contributed by atoms with Crippen molar-refractivity contribution in [2.24, 2.45) is 11.3 Å². The summed E-state index contributed by atoms with van der Waals surface area (Å²) in [4.78, 5) is 31.5. The fourth-order valence-electron chi connectivity index (χ4n) is 5.12. The van der Waals surface area contributed by atoms with Gasteiger partial charge >= 0.3 is 0 Å². The van der Waals surface area contributed by atoms with Crippen LogP contribution in [-0.2, 0) is 9.59 Å². The van der Waals surface area contributed by atoms with Crippen molar-refractivity contribution < 1.29 is 14.0 Å². The van der Waals surface area contributed by atoms with Crippen molar-refractivity contribution in [1.29, 1.82) is 0 Å². The number of rotatable bonds is 4. The number of aryl methyl sites for hydroxylation is 1. The minimum absolute atomic E-state index is 0.0713. The molecule has 7 heteroatoms. The molecule has 0 radical (unpaired) electrons. The van der Waals surface area contributed by atoms with Crippen LogP contribution in [0.1, 0.15) is 44.4 Å². The number of fused-ring (bicyclic) bond motifs is 1. The van der Waals surface area contributed by atoms with Crippen LogP contribution in [0.25, 0.3) is 11.3 Å². The van der Waals surface area contributed by atoms with Gasteiger partial charge in [0.1, 0.15) is 23.1 Å². The van der Waals surface area contributed by atoms with Crippen molar-refractivity contribution in [2.45, 2.75) is 40.0 Å². The van der Waals surface area contributed by atoms with E-state index in [-0.39, 0.29) is 17.1 Å². The predicted molar refractivity (Wildman–Crippen MR) is 140 cm³/mol. The smallest absolute Gasteiger partial charge is 0.255 e. The lowest BCUT2D eigenvalue weighted by atomic mass is 9.67. The first kappa shape index (κ1) is 24.1. The van der Waals surface area contributed by atoms with Crippen molar-refractivity contribution in [3.8, 4) is 11.3 Å². The highest BCUT2D eigenvalue weighted by Gasteiger charge is 2.47. The normalized spacial score (nSPS) is 20.9. The molecule has 2 aliphatic rings. The molecule has 2 unspecified atom stereocenters. The summed E-state index contributed by atoms with van der Waals surface area (Å²) in [5.74, 6) is 0.239. The second-order valence-electron chi connectivity index (χ2n) is 10.2. The van der Waals surface area contributed by atoms with E-state index in [1.165, 1.54) is 0 Å². The standard InChI is InChI=1S/C29H28ClN3O3/c1-16-8-11-24(31-15-16)33-28(35)25-17(2)32-20-13-29(3,4)14-21(34)26(20)27(25)23-10-9-22(36-23)18-6-5-7-19(30)12-18/h5-13,15,26-27,32H,14H2,1-4H3,(H,31,33,35). The van der Waals surface area contributed by atoms with Gasteiger partial charge in [0.05, 0.1) is 11.8 Å². The van der Waals surface area contributed by atoms with E-state index in [4.69, 9.17) is 16.0 Å². The van der Waals surface area contributed by atoms with Gasteiger partial charge in [0, 0.05) is 40.2 Å². The van der Waals surface area contributed by atoms with Crippen LogP contribution in [0.2, 0.25) is 5.02 Å². The maximum Gasteiger partial charge on any atom is 0.255 e. The SMILES string of the molecule is CC1=C(C(=O)Nc2ccc(C)cn2)C(c2ccc(-c3cccc(Cl)c3)o2)C2C(=O)CC(C)(C)C=C2N1. The van der Waals surface area contributed by atoms with Gasteiger partial charge in [-0.3, -0.25) is 9.59 Å². The molecule has 5 rings (SSSR count). The topological polar surface area (TPSA) is 84.2 Å². The van der Waals surface area contributed by atoms with Crippen molar-refractivity contribution in [3.63, 3.8) is 0 Å². The molecule has 0 bridgehead atoms. The molecule has 3 heterocycles. The van der Waals surface area contributed by atoms with Crippen molar-refractivity contribution >= 4 is 29.1 Å². The molecule has 1 aromatic carbocycles. The number of furan rings is 1. The number of nitrogens with zero attached hydrogens (tertiary/aromatic N) is 1. The number of nitrogens with one attached hydrogen (secondary N) is 2. The van der Waals surface area contributed by atoms with Crippen molar-refractivity contribution in [2.75, 3.05) is 5.32 Å². The number of pyridine rings is 1. The van der Waals surface area contributed by atoms with E-state index in [1.54, 1.807) is 18.3 Å². The average Bonchev–Trinajstić information content (AvgIpc) is 3.29. The van der Waals surface area contributed by atoms with Gasteiger partial charge in [-0.15, -0.1) is 0 Å². The van der Waals surface area contributed by atoms with Crippen LogP contribution in [-0.4, -0.2) is 16.7 Å². The Hall–Kier alpha value is -3.64. The van der Waals surface area contributed by atoms with Gasteiger partial charge in [0.2, 0.25) is 0 Å². The lowest BCUT2D eigenvalue weighted by Gasteiger charge is -2.40. The molecule has 1 aliphatic heterocycles. The molecule has 2 aromatic heterocycles. The summed E-state index contributed by atoms with van der Waals surface area (Å²) in [6, 6.07) is 14.7. The van der Waals surface area contributed by atoms with E-state index in [9.17, 15) is 9.59 Å². The number of hydrogen-bond donors (Lipinski definition) is 2. The third kappa shape index (κ3) is 4.61. The van der Waals surface area contributed by atoms with Crippen LogP contribution < -0.4 is 10.6 Å². The van der Waals surface area contributed by atoms with Gasteiger partial charge in [0.25, 0.3) is 5.91 Å². The zero-order valence-corrected chi connectivity index (χ0v) is 21.4. The van der Waals surface area contributed by atoms with Gasteiger partial charge in [-0.05, 0) is 55.2 Å². The minimum atomic E-state index is -0.584. The average molecular weight is 502 g/mol. The quantitative estimate of drug-likeness (QED) is 0.432. The zero-order chi connectivity index (χ0) is 25.6. The Bertz CT molecular complexity index is 1420. The van der Waals surface area contributed by atoms with E-state index in [0.717, 1.165) is 16.8 Å². The fourth-order valence-corrected chi connectivity index (χ4v) is 5.31. The number of aromatic nitrogens is 1. The molecule has 36 heavy (non-hydrogen) atoms. The first-order valence-electron chi connectivity index (χ1n) is 11.9. The molecule has 0 spiro atoms. The highest BCUT2D eigenvalue weighted by atomic mass is 35.5. The zero-order valence-electron chi connectivity index (χ0n) is 20.7. The number of ketones is 1. The first-order chi connectivity index (χ1) is 17.1. The molecular weight excluding hydrogens is 474 g/mol. The Morgan fingerprint density at radius 2 is 1.94 bits per heavy atom. The summed E-state index contributed by atoms with van der Waals surface area (Å²) in [5, 5.41) is 6.86. The summed E-state index contributed by atoms with van der Waals surface area (Å²) in [6.07, 6.45) is 4.19. The van der Waals surface area contributed by atoms with Gasteiger partial charge in [0.15, 0.2) is 0 Å². The Kier molecular flexibility index (Phi) is 6.08. The van der Waals surface area contributed by atoms with Gasteiger partial charge in [-0.2, -0.15) is 0 Å². The van der Waals surface area contributed by atoms with Crippen LogP contribution in [0, 0.1) is 18.3 Å². The van der Waals surface area contributed by atoms with E-state index in [2.05, 4.69) is 21.7 Å². The number of halogens is 1. The molecule has 1 amide bonds. The maximum atomic E-state index is 13.6. The monoisotopic (exact) mass is 501 g/mol. The lowest BCUT2D eigenvalue weighted by Crippen LogP contribution is -2.44. The molecular formula is C29H28ClN3O3. The number of amides is 1. The number of hydrogen-bond acceptors (Lipinski definition) is 5. The summed E-state index contributed by atoms with van der Waals surface area (Å²) in [5.41, 5.74) is 3.49. The maximum absolute atomic E-state index is 13.6. The molecule has 2 atom stereocenters. The molecule has 0 fully saturated rings. The van der Waals surface area contributed by atoms with E-state index in [0.29, 0.717) is 40.1 Å². The van der Waals surface area contributed by atoms with Crippen molar-refractivity contribution in [1.82, 2.24) is 10.3 Å². The van der Waals surface area contributed by atoms with Crippen molar-refractivity contribution in [3.05, 3.63) is 94.1 Å². The molecule has 3 aromatic rings. The number of carbonyl (C=O) groups excluding carboxylic acids is 2. The highest BCUT2D eigenvalue weighted by molar-refractivity contribution is 6.30. The number of benzene rings is 1. The third-order valence-electron chi connectivity index (χ3n) is 6.68. The fraction of sp³-hybridized carbons (Fsp3) is 0.276. The van der Waals surface area contributed by atoms with E-state index in [1.807, 2.05) is 64.1 Å². The molecule has 1 aliphatic carbocycles. The Morgan fingerprint density at radius 3 is 2.67 bits per heavy atom. The number of anilines is 1. The number of Topliss-reactive ketones (excluding diaryl/α,β-unsaturated/α-hetero) is 1. The lowest BCUT2D eigenvalue weighted by molar-refractivity contribution is -0.124. The Balaban J connectivity index is 1.60. The second kappa shape index (κ2) is 9.10. The summed E-state index contributed by atoms with van der Waals surface area (Å²) < 4.78 is 6.31. The molecule has 0 saturated heterocycles. The number of allylic oxidation sites excluding steroid dienone is 3. The van der Waals surface area contributed by atoms with Crippen LogP contribution in [0.15, 0.2) is 82.2 Å². The van der Waals surface area contributed by atoms with E-state index < -0.39 is 11.8 Å². The summed E-state index contributed by atoms with van der Waals surface area (Å²) in [7, 11) is 0. The van der Waals surface area contributed by atoms with Crippen LogP contribution in [0.4, 0.5) is 5.82 Å². The van der Waals surface area contributed by atoms with Crippen LogP contribution in [0.3, 0.4) is 0 Å². The van der Waals surface area contributed by atoms with Gasteiger partial charge < -0.3 is 15.1 Å². The third-order valence-corrected chi connectivity index (χ3v) is 6.91. The Morgan fingerprint density at radius 1 is 1.14 bits per heavy atom. The largest absolute Gasteiger partial charge is 0.460 e. The first-order valence-corrected chi connectivity index (χ1v) is 12.3. The minimum Gasteiger partial charge on any atom is -0.460 e. The molecule has 2 N–H and O–H groups in total. The molecule has 6 nitrogen and oxygen atoms in total. The highest BCUT2D eigenvalue weighted by Crippen LogP contribution is 2.47. The summed E-state index contributed by atoms with van der Waals surface area (Å²) in [6.45, 7) is 7.87. The molecule has 184 valence electrons. The van der Waals surface area contributed by atoms with Gasteiger partial charge in [-0.1, -0.05) is 49.7 Å². The summed E-state index contributed by atoms with van der Waals surface area (Å²) >= 11 is 6.19. The van der Waals surface area contributed by atoms with Crippen LogP contribution >= 0.6 is 11.6 Å². The predicted octanol–water partition coefficient (Wildman–Crippen LogP) is 6.40. The number of carbonyl (C=O) groups is 2. The molecule has 0 saturated carbocycles. The Labute approximate surface area is 215 Å². The van der Waals surface area contributed by atoms with Crippen LogP contribution in [0.5, 0.6) is 0 Å².